The van der Waals surface area contributed by atoms with E-state index < -0.39 is 0 Å². The number of nitrogens with one attached hydrogen (secondary N) is 1. The highest BCUT2D eigenvalue weighted by Crippen LogP contribution is 2.29. The van der Waals surface area contributed by atoms with Gasteiger partial charge in [-0.05, 0) is 61.6 Å². The second kappa shape index (κ2) is 9.02. The Morgan fingerprint density at radius 3 is 2.48 bits per heavy atom. The van der Waals surface area contributed by atoms with Crippen LogP contribution in [0.25, 0.3) is 5.57 Å². The number of nitrogens with zero attached hydrogens (tertiary/aromatic N) is 1. The average Bonchev–Trinajstić information content (AvgIpc) is 3.47. The van der Waals surface area contributed by atoms with E-state index in [1.54, 1.807) is 14.2 Å². The number of rotatable bonds is 6. The molecule has 0 unspecified atom stereocenters. The minimum absolute atomic E-state index is 0.0630. The molecular formula is C21H26N2O2. The van der Waals surface area contributed by atoms with Crippen molar-refractivity contribution in [2.45, 2.75) is 26.7 Å². The van der Waals surface area contributed by atoms with Crippen LogP contribution in [0.2, 0.25) is 0 Å². The maximum Gasteiger partial charge on any atom is 0.228 e. The van der Waals surface area contributed by atoms with Crippen molar-refractivity contribution in [1.82, 2.24) is 5.32 Å². The zero-order valence-electron chi connectivity index (χ0n) is 15.4. The molecule has 1 aromatic rings. The zero-order valence-corrected chi connectivity index (χ0v) is 15.4. The molecule has 1 aliphatic carbocycles. The summed E-state index contributed by atoms with van der Waals surface area (Å²) in [7, 11) is 3.35. The van der Waals surface area contributed by atoms with Crippen LogP contribution in [0.5, 0.6) is 5.75 Å². The quantitative estimate of drug-likeness (QED) is 0.481. The molecule has 4 heteroatoms. The van der Waals surface area contributed by atoms with E-state index in [0.717, 1.165) is 35.3 Å². The molecule has 132 valence electrons. The van der Waals surface area contributed by atoms with Crippen molar-refractivity contribution in [2.75, 3.05) is 14.2 Å². The van der Waals surface area contributed by atoms with E-state index in [0.29, 0.717) is 5.84 Å². The number of amidine groups is 1. The molecule has 1 saturated carbocycles. The molecule has 0 aromatic heterocycles. The van der Waals surface area contributed by atoms with E-state index in [2.05, 4.69) is 16.4 Å². The van der Waals surface area contributed by atoms with Crippen LogP contribution in [0.1, 0.15) is 32.3 Å². The molecule has 1 aromatic carbocycles. The standard InChI is InChI=1S/C21H26N2O2/c1-5-6-7-19(16-10-12-18(25-4)13-11-16)15(2)14-20(22-3)23-21(24)17-8-9-17/h5-7,10-14,17H,8-9H2,1-4H3,(H,22,23,24). The van der Waals surface area contributed by atoms with E-state index in [1.165, 1.54) is 0 Å². The van der Waals surface area contributed by atoms with Gasteiger partial charge < -0.3 is 10.1 Å². The summed E-state index contributed by atoms with van der Waals surface area (Å²) in [6.07, 6.45) is 9.92. The number of amides is 1. The lowest BCUT2D eigenvalue weighted by atomic mass is 9.97. The minimum Gasteiger partial charge on any atom is -0.497 e. The fourth-order valence-electron chi connectivity index (χ4n) is 2.43. The van der Waals surface area contributed by atoms with Crippen LogP contribution in [-0.4, -0.2) is 25.9 Å². The SMILES string of the molecule is CC=CC=C(C(C)=CC(=NC)NC(=O)C1CC1)c1ccc(OC)cc1. The Balaban J connectivity index is 2.26. The van der Waals surface area contributed by atoms with Crippen LogP contribution in [0.15, 0.2) is 59.1 Å². The van der Waals surface area contributed by atoms with Gasteiger partial charge in [-0.1, -0.05) is 30.4 Å². The van der Waals surface area contributed by atoms with E-state index in [-0.39, 0.29) is 11.8 Å². The van der Waals surface area contributed by atoms with Crippen molar-refractivity contribution < 1.29 is 9.53 Å². The molecule has 0 aliphatic heterocycles. The molecule has 1 fully saturated rings. The summed E-state index contributed by atoms with van der Waals surface area (Å²) < 4.78 is 5.23. The second-order valence-corrected chi connectivity index (χ2v) is 6.03. The molecule has 0 heterocycles. The van der Waals surface area contributed by atoms with Crippen molar-refractivity contribution >= 4 is 17.3 Å². The molecule has 0 bridgehead atoms. The highest BCUT2D eigenvalue weighted by Gasteiger charge is 2.29. The Labute approximate surface area is 150 Å². The van der Waals surface area contributed by atoms with E-state index in [4.69, 9.17) is 4.74 Å². The molecule has 1 aliphatic rings. The maximum absolute atomic E-state index is 12.0. The number of aliphatic imine (C=N–C) groups is 1. The average molecular weight is 338 g/mol. The highest BCUT2D eigenvalue weighted by molar-refractivity contribution is 6.07. The van der Waals surface area contributed by atoms with Gasteiger partial charge in [0.1, 0.15) is 11.6 Å². The molecule has 2 rings (SSSR count). The van der Waals surface area contributed by atoms with Crippen LogP contribution in [0.4, 0.5) is 0 Å². The molecule has 4 nitrogen and oxygen atoms in total. The first kappa shape index (κ1) is 18.7. The van der Waals surface area contributed by atoms with Gasteiger partial charge in [0.05, 0.1) is 7.11 Å². The number of allylic oxidation sites excluding steroid dienone is 5. The molecule has 0 radical (unpaired) electrons. The number of carbonyl (C=O) groups is 1. The van der Waals surface area contributed by atoms with Crippen LogP contribution in [0, 0.1) is 5.92 Å². The Morgan fingerprint density at radius 2 is 1.96 bits per heavy atom. The fraction of sp³-hybridized carbons (Fsp3) is 0.333. The Kier molecular flexibility index (Phi) is 6.75. The lowest BCUT2D eigenvalue weighted by Crippen LogP contribution is -2.30. The maximum atomic E-state index is 12.0. The summed E-state index contributed by atoms with van der Waals surface area (Å²) >= 11 is 0. The molecule has 0 atom stereocenters. The molecule has 1 amide bonds. The predicted octanol–water partition coefficient (Wildman–Crippen LogP) is 4.16. The summed E-state index contributed by atoms with van der Waals surface area (Å²) in [5.74, 6) is 1.63. The van der Waals surface area contributed by atoms with Gasteiger partial charge in [-0.15, -0.1) is 0 Å². The summed E-state index contributed by atoms with van der Waals surface area (Å²) in [5, 5.41) is 2.91. The zero-order chi connectivity index (χ0) is 18.2. The monoisotopic (exact) mass is 338 g/mol. The minimum atomic E-state index is 0.0630. The van der Waals surface area contributed by atoms with Crippen molar-refractivity contribution in [3.63, 3.8) is 0 Å². The van der Waals surface area contributed by atoms with Crippen LogP contribution < -0.4 is 10.1 Å². The Morgan fingerprint density at radius 1 is 1.28 bits per heavy atom. The van der Waals surface area contributed by atoms with Crippen molar-refractivity contribution in [1.29, 1.82) is 0 Å². The first-order valence-corrected chi connectivity index (χ1v) is 8.52. The van der Waals surface area contributed by atoms with E-state index >= 15 is 0 Å². The Hall–Kier alpha value is -2.62. The first-order chi connectivity index (χ1) is 12.1. The molecule has 1 N–H and O–H groups in total. The smallest absolute Gasteiger partial charge is 0.228 e. The van der Waals surface area contributed by atoms with Gasteiger partial charge in [0.2, 0.25) is 5.91 Å². The van der Waals surface area contributed by atoms with E-state index in [1.807, 2.05) is 56.3 Å². The Bertz CT molecular complexity index is 721. The van der Waals surface area contributed by atoms with Gasteiger partial charge in [0.15, 0.2) is 0 Å². The lowest BCUT2D eigenvalue weighted by molar-refractivity contribution is -0.120. The third-order valence-corrected chi connectivity index (χ3v) is 4.07. The van der Waals surface area contributed by atoms with Crippen LogP contribution in [-0.2, 0) is 4.79 Å². The van der Waals surface area contributed by atoms with Gasteiger partial charge in [0.25, 0.3) is 0 Å². The second-order valence-electron chi connectivity index (χ2n) is 6.03. The third kappa shape index (κ3) is 5.45. The van der Waals surface area contributed by atoms with Crippen molar-refractivity contribution in [2.24, 2.45) is 10.9 Å². The van der Waals surface area contributed by atoms with Gasteiger partial charge in [0, 0.05) is 13.0 Å². The normalized spacial score (nSPS) is 16.2. The first-order valence-electron chi connectivity index (χ1n) is 8.52. The third-order valence-electron chi connectivity index (χ3n) is 4.07. The van der Waals surface area contributed by atoms with Crippen LogP contribution >= 0.6 is 0 Å². The van der Waals surface area contributed by atoms with Gasteiger partial charge in [-0.2, -0.15) is 0 Å². The number of benzene rings is 1. The van der Waals surface area contributed by atoms with Crippen molar-refractivity contribution in [3.05, 3.63) is 59.7 Å². The molecular weight excluding hydrogens is 312 g/mol. The lowest BCUT2D eigenvalue weighted by Gasteiger charge is -2.11. The van der Waals surface area contributed by atoms with Gasteiger partial charge >= 0.3 is 0 Å². The highest BCUT2D eigenvalue weighted by atomic mass is 16.5. The predicted molar refractivity (Wildman–Crippen MR) is 104 cm³/mol. The number of ether oxygens (including phenoxy) is 1. The van der Waals surface area contributed by atoms with E-state index in [9.17, 15) is 4.79 Å². The summed E-state index contributed by atoms with van der Waals surface area (Å²) in [4.78, 5) is 16.2. The molecule has 25 heavy (non-hydrogen) atoms. The van der Waals surface area contributed by atoms with Gasteiger partial charge in [-0.3, -0.25) is 9.79 Å². The summed E-state index contributed by atoms with van der Waals surface area (Å²) in [6.45, 7) is 4.00. The summed E-state index contributed by atoms with van der Waals surface area (Å²) in [5.41, 5.74) is 3.18. The number of methoxy groups -OCH3 is 1. The largest absolute Gasteiger partial charge is 0.497 e. The van der Waals surface area contributed by atoms with Crippen LogP contribution in [0.3, 0.4) is 0 Å². The van der Waals surface area contributed by atoms with Crippen molar-refractivity contribution in [3.8, 4) is 5.75 Å². The number of hydrogen-bond acceptors (Lipinski definition) is 3. The summed E-state index contributed by atoms with van der Waals surface area (Å²) in [6, 6.07) is 7.93. The fourth-order valence-corrected chi connectivity index (χ4v) is 2.43. The molecule has 0 spiro atoms. The molecule has 0 saturated heterocycles. The number of carbonyl (C=O) groups excluding carboxylic acids is 1. The van der Waals surface area contributed by atoms with Gasteiger partial charge in [-0.25, -0.2) is 0 Å². The number of hydrogen-bond donors (Lipinski definition) is 1. The topological polar surface area (TPSA) is 50.7 Å².